The molecule has 0 unspecified atom stereocenters. The summed E-state index contributed by atoms with van der Waals surface area (Å²) in [5, 5.41) is 5.91. The highest BCUT2D eigenvalue weighted by atomic mass is 19.4. The van der Waals surface area contributed by atoms with Crippen LogP contribution in [0.25, 0.3) is 5.69 Å². The molecular weight excluding hydrogens is 409 g/mol. The number of anilines is 1. The minimum atomic E-state index is -4.56. The van der Waals surface area contributed by atoms with Crippen molar-refractivity contribution in [3.63, 3.8) is 0 Å². The highest BCUT2D eigenvalue weighted by molar-refractivity contribution is 6.39. The van der Waals surface area contributed by atoms with Gasteiger partial charge < -0.3 is 9.88 Å². The van der Waals surface area contributed by atoms with Crippen molar-refractivity contribution in [2.45, 2.75) is 20.0 Å². The molecule has 0 fully saturated rings. The van der Waals surface area contributed by atoms with E-state index in [0.29, 0.717) is 0 Å². The molecule has 1 aromatic heterocycles. The summed E-state index contributed by atoms with van der Waals surface area (Å²) in [4.78, 5) is 23.9. The summed E-state index contributed by atoms with van der Waals surface area (Å²) in [7, 11) is 0. The van der Waals surface area contributed by atoms with E-state index in [-0.39, 0.29) is 5.69 Å². The highest BCUT2D eigenvalue weighted by Gasteiger charge is 2.30. The van der Waals surface area contributed by atoms with Gasteiger partial charge in [-0.3, -0.25) is 9.59 Å². The molecule has 0 saturated heterocycles. The van der Waals surface area contributed by atoms with Gasteiger partial charge in [0.2, 0.25) is 0 Å². The summed E-state index contributed by atoms with van der Waals surface area (Å²) in [5.74, 6) is -2.24. The van der Waals surface area contributed by atoms with Crippen LogP contribution in [0, 0.1) is 13.8 Å². The Kier molecular flexibility index (Phi) is 6.24. The Morgan fingerprint density at radius 1 is 0.968 bits per heavy atom. The number of benzene rings is 2. The first-order chi connectivity index (χ1) is 14.7. The van der Waals surface area contributed by atoms with E-state index in [4.69, 9.17) is 0 Å². The molecule has 31 heavy (non-hydrogen) atoms. The van der Waals surface area contributed by atoms with Crippen LogP contribution in [-0.2, 0) is 15.8 Å². The zero-order valence-electron chi connectivity index (χ0n) is 16.7. The van der Waals surface area contributed by atoms with Crippen LogP contribution in [0.2, 0.25) is 0 Å². The van der Waals surface area contributed by atoms with Crippen molar-refractivity contribution >= 4 is 23.7 Å². The molecule has 0 spiro atoms. The number of amides is 2. The third-order valence-corrected chi connectivity index (χ3v) is 4.51. The monoisotopic (exact) mass is 428 g/mol. The van der Waals surface area contributed by atoms with E-state index >= 15 is 0 Å². The number of aromatic nitrogens is 1. The van der Waals surface area contributed by atoms with E-state index < -0.39 is 23.6 Å². The highest BCUT2D eigenvalue weighted by Crippen LogP contribution is 2.30. The molecule has 6 nitrogen and oxygen atoms in total. The lowest BCUT2D eigenvalue weighted by molar-refractivity contribution is -0.137. The lowest BCUT2D eigenvalue weighted by Gasteiger charge is -2.09. The van der Waals surface area contributed by atoms with Gasteiger partial charge in [-0.25, -0.2) is 5.43 Å². The number of halogens is 3. The summed E-state index contributed by atoms with van der Waals surface area (Å²) >= 11 is 0. The van der Waals surface area contributed by atoms with Gasteiger partial charge in [-0.05, 0) is 50.2 Å². The zero-order chi connectivity index (χ0) is 22.6. The van der Waals surface area contributed by atoms with Crippen molar-refractivity contribution in [2.75, 3.05) is 5.32 Å². The third-order valence-electron chi connectivity index (χ3n) is 4.51. The maximum absolute atomic E-state index is 12.7. The zero-order valence-corrected chi connectivity index (χ0v) is 16.7. The third kappa shape index (κ3) is 5.19. The van der Waals surface area contributed by atoms with Gasteiger partial charge in [0.05, 0.1) is 11.8 Å². The maximum Gasteiger partial charge on any atom is 0.416 e. The summed E-state index contributed by atoms with van der Waals surface area (Å²) in [6.07, 6.45) is -3.16. The van der Waals surface area contributed by atoms with Crippen molar-refractivity contribution in [2.24, 2.45) is 5.10 Å². The number of hydrogen-bond donors (Lipinski definition) is 2. The molecule has 0 aliphatic rings. The van der Waals surface area contributed by atoms with Gasteiger partial charge in [-0.15, -0.1) is 0 Å². The SMILES string of the molecule is Cc1cc(/C=N\NC(=O)C(=O)Nc2cccc(C(F)(F)F)c2)c(C)n1-c1ccccc1. The molecule has 2 N–H and O–H groups in total. The van der Waals surface area contributed by atoms with Crippen LogP contribution < -0.4 is 10.7 Å². The van der Waals surface area contributed by atoms with E-state index in [1.54, 1.807) is 0 Å². The molecule has 160 valence electrons. The molecule has 0 atom stereocenters. The predicted octanol–water partition coefficient (Wildman–Crippen LogP) is 4.20. The largest absolute Gasteiger partial charge is 0.416 e. The van der Waals surface area contributed by atoms with Gasteiger partial charge in [0, 0.05) is 28.3 Å². The average molecular weight is 428 g/mol. The standard InChI is InChI=1S/C22H19F3N4O2/c1-14-11-16(15(2)29(14)19-9-4-3-5-10-19)13-26-28-21(31)20(30)27-18-8-6-7-17(12-18)22(23,24)25/h3-13H,1-2H3,(H,27,30)(H,28,31)/b26-13-. The summed E-state index contributed by atoms with van der Waals surface area (Å²) < 4.78 is 40.3. The van der Waals surface area contributed by atoms with Crippen molar-refractivity contribution in [1.82, 2.24) is 9.99 Å². The minimum absolute atomic E-state index is 0.148. The number of nitrogens with zero attached hydrogens (tertiary/aromatic N) is 2. The van der Waals surface area contributed by atoms with Crippen molar-refractivity contribution in [3.05, 3.63) is 83.2 Å². The number of para-hydroxylation sites is 1. The number of aryl methyl sites for hydroxylation is 1. The molecule has 0 aliphatic carbocycles. The smallest absolute Gasteiger partial charge is 0.318 e. The van der Waals surface area contributed by atoms with Crippen molar-refractivity contribution < 1.29 is 22.8 Å². The van der Waals surface area contributed by atoms with Gasteiger partial charge in [-0.1, -0.05) is 24.3 Å². The van der Waals surface area contributed by atoms with Gasteiger partial charge in [-0.2, -0.15) is 18.3 Å². The molecule has 3 aromatic rings. The molecule has 0 saturated carbocycles. The molecule has 0 aliphatic heterocycles. The Morgan fingerprint density at radius 2 is 1.68 bits per heavy atom. The van der Waals surface area contributed by atoms with Crippen LogP contribution in [0.4, 0.5) is 18.9 Å². The van der Waals surface area contributed by atoms with Crippen LogP contribution in [0.5, 0.6) is 0 Å². The van der Waals surface area contributed by atoms with E-state index in [1.807, 2.05) is 54.8 Å². The topological polar surface area (TPSA) is 75.5 Å². The average Bonchev–Trinajstić information content (AvgIpc) is 3.01. The molecule has 1 heterocycles. The number of hydrazone groups is 1. The number of nitrogens with one attached hydrogen (secondary N) is 2. The fourth-order valence-electron chi connectivity index (χ4n) is 3.07. The van der Waals surface area contributed by atoms with Gasteiger partial charge in [0.1, 0.15) is 0 Å². The number of hydrogen-bond acceptors (Lipinski definition) is 3. The first-order valence-corrected chi connectivity index (χ1v) is 9.23. The van der Waals surface area contributed by atoms with Crippen LogP contribution in [-0.4, -0.2) is 22.6 Å². The molecule has 2 amide bonds. The predicted molar refractivity (Wildman–Crippen MR) is 111 cm³/mol. The van der Waals surface area contributed by atoms with Gasteiger partial charge >= 0.3 is 18.0 Å². The fourth-order valence-corrected chi connectivity index (χ4v) is 3.07. The molecule has 2 aromatic carbocycles. The molecular formula is C22H19F3N4O2. The molecule has 3 rings (SSSR count). The van der Waals surface area contributed by atoms with Crippen molar-refractivity contribution in [1.29, 1.82) is 0 Å². The summed E-state index contributed by atoms with van der Waals surface area (Å²) in [6, 6.07) is 15.6. The Balaban J connectivity index is 1.65. The molecule has 9 heteroatoms. The van der Waals surface area contributed by atoms with E-state index in [0.717, 1.165) is 40.8 Å². The Labute approximate surface area is 176 Å². The van der Waals surface area contributed by atoms with Crippen LogP contribution in [0.15, 0.2) is 65.8 Å². The lowest BCUT2D eigenvalue weighted by atomic mass is 10.2. The number of carbonyl (C=O) groups is 2. The van der Waals surface area contributed by atoms with E-state index in [2.05, 4.69) is 15.8 Å². The second kappa shape index (κ2) is 8.86. The van der Waals surface area contributed by atoms with E-state index in [9.17, 15) is 22.8 Å². The Bertz CT molecular complexity index is 1140. The first-order valence-electron chi connectivity index (χ1n) is 9.23. The minimum Gasteiger partial charge on any atom is -0.318 e. The van der Waals surface area contributed by atoms with Gasteiger partial charge in [0.25, 0.3) is 0 Å². The Hall–Kier alpha value is -3.88. The maximum atomic E-state index is 12.7. The lowest BCUT2D eigenvalue weighted by Crippen LogP contribution is -2.32. The molecule has 0 radical (unpaired) electrons. The van der Waals surface area contributed by atoms with Crippen LogP contribution in [0.1, 0.15) is 22.5 Å². The van der Waals surface area contributed by atoms with Crippen molar-refractivity contribution in [3.8, 4) is 5.69 Å². The number of alkyl halides is 3. The van der Waals surface area contributed by atoms with Crippen LogP contribution in [0.3, 0.4) is 0 Å². The van der Waals surface area contributed by atoms with Gasteiger partial charge in [0.15, 0.2) is 0 Å². The Morgan fingerprint density at radius 3 is 2.35 bits per heavy atom. The number of carbonyl (C=O) groups excluding carboxylic acids is 2. The normalized spacial score (nSPS) is 11.5. The second-order valence-electron chi connectivity index (χ2n) is 6.73. The molecule has 0 bridgehead atoms. The second-order valence-corrected chi connectivity index (χ2v) is 6.73. The summed E-state index contributed by atoms with van der Waals surface area (Å²) in [5.41, 5.74) is 4.55. The van der Waals surface area contributed by atoms with Crippen LogP contribution >= 0.6 is 0 Å². The summed E-state index contributed by atoms with van der Waals surface area (Å²) in [6.45, 7) is 3.82. The fraction of sp³-hybridized carbons (Fsp3) is 0.136. The first kappa shape index (κ1) is 21.8. The number of rotatable bonds is 4. The quantitative estimate of drug-likeness (QED) is 0.371. The van der Waals surface area contributed by atoms with E-state index in [1.165, 1.54) is 12.3 Å².